The third-order valence-electron chi connectivity index (χ3n) is 4.07. The van der Waals surface area contributed by atoms with Gasteiger partial charge in [0.25, 0.3) is 5.91 Å². The molecule has 1 aromatic heterocycles. The fourth-order valence-corrected chi connectivity index (χ4v) is 2.99. The van der Waals surface area contributed by atoms with Gasteiger partial charge in [0.2, 0.25) is 0 Å². The molecule has 0 atom stereocenters. The van der Waals surface area contributed by atoms with Crippen LogP contribution in [0.5, 0.6) is 5.75 Å². The molecule has 5 nitrogen and oxygen atoms in total. The molecule has 2 aromatic carbocycles. The first kappa shape index (κ1) is 17.0. The van der Waals surface area contributed by atoms with Gasteiger partial charge in [-0.25, -0.2) is 4.79 Å². The lowest BCUT2D eigenvalue weighted by molar-refractivity contribution is 0.0698. The van der Waals surface area contributed by atoms with Gasteiger partial charge in [-0.2, -0.15) is 0 Å². The second kappa shape index (κ2) is 6.61. The van der Waals surface area contributed by atoms with Gasteiger partial charge in [-0.05, 0) is 43.7 Å². The number of aryl methyl sites for hydroxylation is 1. The Labute approximate surface area is 149 Å². The molecular formula is C19H16ClNO4. The molecule has 0 amide bonds. The van der Waals surface area contributed by atoms with Crippen LogP contribution in [0.2, 0.25) is 5.02 Å². The number of para-hydroxylation sites is 1. The molecular weight excluding hydrogens is 342 g/mol. The van der Waals surface area contributed by atoms with E-state index in [2.05, 4.69) is 0 Å². The van der Waals surface area contributed by atoms with Crippen LogP contribution >= 0.6 is 11.6 Å². The highest BCUT2D eigenvalue weighted by Crippen LogP contribution is 2.26. The van der Waals surface area contributed by atoms with Gasteiger partial charge in [0, 0.05) is 16.1 Å². The van der Waals surface area contributed by atoms with E-state index in [1.807, 2.05) is 6.92 Å². The van der Waals surface area contributed by atoms with Crippen LogP contribution in [0.1, 0.15) is 26.4 Å². The van der Waals surface area contributed by atoms with Crippen molar-refractivity contribution < 1.29 is 19.4 Å². The number of carboxylic acid groups (broad SMARTS) is 1. The van der Waals surface area contributed by atoms with Crippen molar-refractivity contribution in [3.8, 4) is 5.75 Å². The summed E-state index contributed by atoms with van der Waals surface area (Å²) < 4.78 is 6.95. The monoisotopic (exact) mass is 357 g/mol. The van der Waals surface area contributed by atoms with Crippen LogP contribution in [0.15, 0.2) is 42.5 Å². The molecule has 0 aliphatic carbocycles. The Kier molecular flexibility index (Phi) is 4.51. The van der Waals surface area contributed by atoms with E-state index in [1.165, 1.54) is 4.57 Å². The van der Waals surface area contributed by atoms with Gasteiger partial charge in [0.1, 0.15) is 5.75 Å². The summed E-state index contributed by atoms with van der Waals surface area (Å²) in [6.07, 6.45) is 0. The Hall–Kier alpha value is -2.79. The predicted molar refractivity (Wildman–Crippen MR) is 95.9 cm³/mol. The van der Waals surface area contributed by atoms with E-state index in [0.717, 1.165) is 5.56 Å². The molecule has 0 bridgehead atoms. The Morgan fingerprint density at radius 2 is 1.88 bits per heavy atom. The molecule has 0 fully saturated rings. The topological polar surface area (TPSA) is 68.5 Å². The summed E-state index contributed by atoms with van der Waals surface area (Å²) in [5, 5.41) is 10.6. The van der Waals surface area contributed by atoms with E-state index in [4.69, 9.17) is 16.3 Å². The minimum Gasteiger partial charge on any atom is -0.484 e. The van der Waals surface area contributed by atoms with Crippen molar-refractivity contribution in [2.75, 3.05) is 6.61 Å². The number of rotatable bonds is 4. The fourth-order valence-electron chi connectivity index (χ4n) is 2.88. The van der Waals surface area contributed by atoms with Gasteiger partial charge in [-0.1, -0.05) is 29.8 Å². The zero-order valence-electron chi connectivity index (χ0n) is 13.7. The van der Waals surface area contributed by atoms with Crippen LogP contribution in [0.4, 0.5) is 0 Å². The molecule has 0 saturated heterocycles. The minimum absolute atomic E-state index is 0.131. The highest BCUT2D eigenvalue weighted by molar-refractivity contribution is 6.31. The number of nitrogens with zero attached hydrogens (tertiary/aromatic N) is 1. The molecule has 0 aliphatic heterocycles. The first-order chi connectivity index (χ1) is 11.9. The lowest BCUT2D eigenvalue weighted by Gasteiger charge is -2.10. The Morgan fingerprint density at radius 1 is 1.16 bits per heavy atom. The third kappa shape index (κ3) is 3.10. The van der Waals surface area contributed by atoms with Crippen LogP contribution in [0.25, 0.3) is 10.9 Å². The fraction of sp³-hybridized carbons (Fsp3) is 0.158. The van der Waals surface area contributed by atoms with Gasteiger partial charge in [-0.15, -0.1) is 0 Å². The van der Waals surface area contributed by atoms with Gasteiger partial charge in [0.15, 0.2) is 6.61 Å². The summed E-state index contributed by atoms with van der Waals surface area (Å²) in [5.41, 5.74) is 1.92. The molecule has 0 radical (unpaired) electrons. The van der Waals surface area contributed by atoms with Gasteiger partial charge >= 0.3 is 5.97 Å². The first-order valence-corrected chi connectivity index (χ1v) is 8.03. The van der Waals surface area contributed by atoms with E-state index in [1.54, 1.807) is 49.4 Å². The van der Waals surface area contributed by atoms with E-state index in [0.29, 0.717) is 27.4 Å². The van der Waals surface area contributed by atoms with Gasteiger partial charge in [0.05, 0.1) is 11.1 Å². The van der Waals surface area contributed by atoms with E-state index in [-0.39, 0.29) is 18.1 Å². The Morgan fingerprint density at radius 3 is 2.56 bits per heavy atom. The highest BCUT2D eigenvalue weighted by Gasteiger charge is 2.22. The number of aromatic nitrogens is 1. The Balaban J connectivity index is 1.93. The second-order valence-electron chi connectivity index (χ2n) is 5.71. The zero-order valence-corrected chi connectivity index (χ0v) is 14.5. The van der Waals surface area contributed by atoms with Crippen molar-refractivity contribution >= 4 is 34.4 Å². The van der Waals surface area contributed by atoms with Crippen molar-refractivity contribution in [2.24, 2.45) is 0 Å². The molecule has 3 rings (SSSR count). The van der Waals surface area contributed by atoms with Gasteiger partial charge in [-0.3, -0.25) is 9.36 Å². The molecule has 3 aromatic rings. The molecule has 1 heterocycles. The van der Waals surface area contributed by atoms with Crippen LogP contribution < -0.4 is 4.74 Å². The Bertz CT molecular complexity index is 990. The summed E-state index contributed by atoms with van der Waals surface area (Å²) >= 11 is 5.98. The molecule has 0 spiro atoms. The number of hydrogen-bond donors (Lipinski definition) is 1. The standard InChI is InChI=1S/C19H16ClNO4/c1-11-9-13(7-8-15(11)20)25-10-17(22)21-12(2)18(19(23)24)14-5-3-4-6-16(14)21/h3-9H,10H2,1-2H3,(H,23,24). The zero-order chi connectivity index (χ0) is 18.1. The molecule has 128 valence electrons. The van der Waals surface area contributed by atoms with Gasteiger partial charge < -0.3 is 9.84 Å². The SMILES string of the molecule is Cc1cc(OCC(=O)n2c(C)c(C(=O)O)c3ccccc32)ccc1Cl. The number of ether oxygens (including phenoxy) is 1. The number of aromatic carboxylic acids is 1. The number of carbonyl (C=O) groups excluding carboxylic acids is 1. The maximum absolute atomic E-state index is 12.7. The van der Waals surface area contributed by atoms with Crippen LogP contribution in [-0.2, 0) is 0 Å². The number of halogens is 1. The molecule has 1 N–H and O–H groups in total. The quantitative estimate of drug-likeness (QED) is 0.754. The van der Waals surface area contributed by atoms with Crippen molar-refractivity contribution in [1.82, 2.24) is 4.57 Å². The highest BCUT2D eigenvalue weighted by atomic mass is 35.5. The summed E-state index contributed by atoms with van der Waals surface area (Å²) in [4.78, 5) is 24.2. The van der Waals surface area contributed by atoms with E-state index < -0.39 is 5.97 Å². The number of fused-ring (bicyclic) bond motifs is 1. The summed E-state index contributed by atoms with van der Waals surface area (Å²) in [6.45, 7) is 3.26. The minimum atomic E-state index is -1.06. The van der Waals surface area contributed by atoms with Crippen molar-refractivity contribution in [2.45, 2.75) is 13.8 Å². The van der Waals surface area contributed by atoms with E-state index >= 15 is 0 Å². The lowest BCUT2D eigenvalue weighted by atomic mass is 10.1. The predicted octanol–water partition coefficient (Wildman–Crippen LogP) is 4.33. The number of carbonyl (C=O) groups is 2. The summed E-state index contributed by atoms with van der Waals surface area (Å²) in [6, 6.07) is 12.1. The van der Waals surface area contributed by atoms with Crippen molar-refractivity contribution in [1.29, 1.82) is 0 Å². The molecule has 25 heavy (non-hydrogen) atoms. The van der Waals surface area contributed by atoms with Crippen molar-refractivity contribution in [3.63, 3.8) is 0 Å². The number of benzene rings is 2. The smallest absolute Gasteiger partial charge is 0.338 e. The van der Waals surface area contributed by atoms with Crippen LogP contribution in [-0.4, -0.2) is 28.2 Å². The normalized spacial score (nSPS) is 10.8. The first-order valence-electron chi connectivity index (χ1n) is 7.65. The van der Waals surface area contributed by atoms with Crippen LogP contribution in [0, 0.1) is 13.8 Å². The number of hydrogen-bond acceptors (Lipinski definition) is 3. The molecule has 0 saturated carbocycles. The largest absolute Gasteiger partial charge is 0.484 e. The lowest BCUT2D eigenvalue weighted by Crippen LogP contribution is -2.20. The van der Waals surface area contributed by atoms with E-state index in [9.17, 15) is 14.7 Å². The number of carboxylic acids is 1. The van der Waals surface area contributed by atoms with Crippen LogP contribution in [0.3, 0.4) is 0 Å². The average Bonchev–Trinajstić information content (AvgIpc) is 2.87. The third-order valence-corrected chi connectivity index (χ3v) is 4.49. The second-order valence-corrected chi connectivity index (χ2v) is 6.12. The summed E-state index contributed by atoms with van der Waals surface area (Å²) in [5.74, 6) is -0.869. The maximum Gasteiger partial charge on any atom is 0.338 e. The molecule has 6 heteroatoms. The van der Waals surface area contributed by atoms with Crippen molar-refractivity contribution in [3.05, 3.63) is 64.3 Å². The summed E-state index contributed by atoms with van der Waals surface area (Å²) in [7, 11) is 0. The molecule has 0 unspecified atom stereocenters. The average molecular weight is 358 g/mol. The maximum atomic E-state index is 12.7. The molecule has 0 aliphatic rings.